The van der Waals surface area contributed by atoms with E-state index in [-0.39, 0.29) is 23.3 Å². The number of anilines is 1. The molecule has 2 aromatic rings. The van der Waals surface area contributed by atoms with Crippen molar-refractivity contribution in [3.63, 3.8) is 0 Å². The highest BCUT2D eigenvalue weighted by Crippen LogP contribution is 2.29. The fourth-order valence-corrected chi connectivity index (χ4v) is 4.88. The third-order valence-corrected chi connectivity index (χ3v) is 7.10. The van der Waals surface area contributed by atoms with Crippen LogP contribution in [0.5, 0.6) is 5.75 Å². The van der Waals surface area contributed by atoms with E-state index in [0.29, 0.717) is 37.7 Å². The maximum atomic E-state index is 12.7. The predicted molar refractivity (Wildman–Crippen MR) is 118 cm³/mol. The van der Waals surface area contributed by atoms with E-state index in [1.165, 1.54) is 16.4 Å². The average Bonchev–Trinajstić information content (AvgIpc) is 2.73. The number of benzene rings is 2. The number of carbonyl (C=O) groups is 1. The quantitative estimate of drug-likeness (QED) is 0.632. The molecule has 0 aromatic heterocycles. The van der Waals surface area contributed by atoms with Crippen LogP contribution >= 0.6 is 15.9 Å². The largest absolute Gasteiger partial charge is 0.483 e. The Hall–Kier alpha value is -1.94. The van der Waals surface area contributed by atoms with Crippen molar-refractivity contribution in [1.29, 1.82) is 0 Å². The molecule has 2 aromatic carbocycles. The van der Waals surface area contributed by atoms with Gasteiger partial charge in [0.2, 0.25) is 10.0 Å². The van der Waals surface area contributed by atoms with Gasteiger partial charge in [0.05, 0.1) is 18.1 Å². The molecular formula is C21H25BrN2O5S. The Labute approximate surface area is 185 Å². The monoisotopic (exact) mass is 496 g/mol. The van der Waals surface area contributed by atoms with Gasteiger partial charge < -0.3 is 14.8 Å². The number of nitrogens with zero attached hydrogens (tertiary/aromatic N) is 1. The van der Waals surface area contributed by atoms with E-state index in [9.17, 15) is 13.2 Å². The maximum Gasteiger partial charge on any atom is 0.262 e. The van der Waals surface area contributed by atoms with Crippen molar-refractivity contribution in [2.75, 3.05) is 38.2 Å². The molecular weight excluding hydrogens is 472 g/mol. The normalized spacial score (nSPS) is 15.2. The van der Waals surface area contributed by atoms with Crippen LogP contribution < -0.4 is 10.1 Å². The minimum absolute atomic E-state index is 0.144. The van der Waals surface area contributed by atoms with E-state index >= 15 is 0 Å². The van der Waals surface area contributed by atoms with E-state index in [4.69, 9.17) is 9.47 Å². The van der Waals surface area contributed by atoms with E-state index in [2.05, 4.69) is 35.1 Å². The number of rotatable bonds is 7. The molecule has 3 rings (SSSR count). The fraction of sp³-hybridized carbons (Fsp3) is 0.381. The minimum atomic E-state index is -3.56. The van der Waals surface area contributed by atoms with E-state index in [0.717, 1.165) is 10.0 Å². The topological polar surface area (TPSA) is 84.9 Å². The third-order valence-electron chi connectivity index (χ3n) is 4.70. The van der Waals surface area contributed by atoms with Crippen LogP contribution in [-0.2, 0) is 19.6 Å². The lowest BCUT2D eigenvalue weighted by atomic mass is 10.0. The van der Waals surface area contributed by atoms with Crippen molar-refractivity contribution >= 4 is 37.5 Å². The van der Waals surface area contributed by atoms with Crippen molar-refractivity contribution in [2.24, 2.45) is 0 Å². The van der Waals surface area contributed by atoms with Gasteiger partial charge in [-0.05, 0) is 53.9 Å². The Morgan fingerprint density at radius 2 is 1.83 bits per heavy atom. The molecule has 0 atom stereocenters. The van der Waals surface area contributed by atoms with Crippen LogP contribution in [0.2, 0.25) is 0 Å². The van der Waals surface area contributed by atoms with Crippen LogP contribution in [0.4, 0.5) is 5.69 Å². The maximum absolute atomic E-state index is 12.7. The summed E-state index contributed by atoms with van der Waals surface area (Å²) in [6, 6.07) is 11.8. The van der Waals surface area contributed by atoms with Gasteiger partial charge in [-0.3, -0.25) is 4.79 Å². The van der Waals surface area contributed by atoms with Crippen molar-refractivity contribution in [3.8, 4) is 5.75 Å². The smallest absolute Gasteiger partial charge is 0.262 e. The van der Waals surface area contributed by atoms with Crippen LogP contribution in [0.3, 0.4) is 0 Å². The van der Waals surface area contributed by atoms with E-state index < -0.39 is 10.0 Å². The summed E-state index contributed by atoms with van der Waals surface area (Å²) in [6.45, 7) is 5.44. The Morgan fingerprint density at radius 3 is 2.47 bits per heavy atom. The number of ether oxygens (including phenoxy) is 2. The van der Waals surface area contributed by atoms with Crippen LogP contribution in [0.15, 0.2) is 51.8 Å². The predicted octanol–water partition coefficient (Wildman–Crippen LogP) is 3.61. The molecule has 1 saturated heterocycles. The van der Waals surface area contributed by atoms with Crippen LogP contribution in [0.25, 0.3) is 0 Å². The number of halogens is 1. The molecule has 7 nitrogen and oxygen atoms in total. The highest BCUT2D eigenvalue weighted by atomic mass is 79.9. The molecule has 30 heavy (non-hydrogen) atoms. The number of carbonyl (C=O) groups excluding carboxylic acids is 1. The number of nitrogens with one attached hydrogen (secondary N) is 1. The summed E-state index contributed by atoms with van der Waals surface area (Å²) in [5.74, 6) is 0.591. The molecule has 0 radical (unpaired) electrons. The lowest BCUT2D eigenvalue weighted by molar-refractivity contribution is -0.118. The molecule has 1 heterocycles. The first-order valence-electron chi connectivity index (χ1n) is 9.67. The van der Waals surface area contributed by atoms with Gasteiger partial charge in [0.15, 0.2) is 6.61 Å². The number of hydrogen-bond donors (Lipinski definition) is 1. The van der Waals surface area contributed by atoms with Crippen LogP contribution in [0, 0.1) is 0 Å². The summed E-state index contributed by atoms with van der Waals surface area (Å²) in [4.78, 5) is 12.5. The molecule has 162 valence electrons. The summed E-state index contributed by atoms with van der Waals surface area (Å²) in [5, 5.41) is 2.73. The zero-order valence-corrected chi connectivity index (χ0v) is 19.3. The minimum Gasteiger partial charge on any atom is -0.483 e. The average molecular weight is 497 g/mol. The van der Waals surface area contributed by atoms with Gasteiger partial charge in [-0.1, -0.05) is 29.8 Å². The SMILES string of the molecule is CC(C)c1cc(Br)ccc1OCC(=O)Nc1ccc(S(=O)(=O)N2CCOCC2)cc1. The van der Waals surface area contributed by atoms with Crippen LogP contribution in [0.1, 0.15) is 25.3 Å². The van der Waals surface area contributed by atoms with E-state index in [1.54, 1.807) is 12.1 Å². The first-order chi connectivity index (χ1) is 14.3. The Bertz CT molecular complexity index is 987. The molecule has 0 unspecified atom stereocenters. The van der Waals surface area contributed by atoms with Crippen molar-refractivity contribution in [2.45, 2.75) is 24.7 Å². The second-order valence-corrected chi connectivity index (χ2v) is 10.1. The highest BCUT2D eigenvalue weighted by Gasteiger charge is 2.26. The van der Waals surface area contributed by atoms with Crippen molar-refractivity contribution in [3.05, 3.63) is 52.5 Å². The highest BCUT2D eigenvalue weighted by molar-refractivity contribution is 9.10. The Balaban J connectivity index is 1.60. The zero-order valence-electron chi connectivity index (χ0n) is 16.9. The summed E-state index contributed by atoms with van der Waals surface area (Å²) in [7, 11) is -3.56. The first-order valence-corrected chi connectivity index (χ1v) is 11.9. The molecule has 0 spiro atoms. The second-order valence-electron chi connectivity index (χ2n) is 7.21. The molecule has 1 aliphatic rings. The lowest BCUT2D eigenvalue weighted by Gasteiger charge is -2.26. The van der Waals surface area contributed by atoms with Gasteiger partial charge in [-0.15, -0.1) is 0 Å². The Kier molecular flexibility index (Phi) is 7.51. The van der Waals surface area contributed by atoms with Crippen molar-refractivity contribution in [1.82, 2.24) is 4.31 Å². The molecule has 1 amide bonds. The molecule has 0 aliphatic carbocycles. The fourth-order valence-electron chi connectivity index (χ4n) is 3.09. The van der Waals surface area contributed by atoms with Gasteiger partial charge in [-0.2, -0.15) is 4.31 Å². The van der Waals surface area contributed by atoms with Gasteiger partial charge in [-0.25, -0.2) is 8.42 Å². The molecule has 0 bridgehead atoms. The zero-order chi connectivity index (χ0) is 21.7. The molecule has 1 fully saturated rings. The number of morpholine rings is 1. The molecule has 1 aliphatic heterocycles. The number of sulfonamides is 1. The van der Waals surface area contributed by atoms with Crippen LogP contribution in [-0.4, -0.2) is 51.5 Å². The summed E-state index contributed by atoms with van der Waals surface area (Å²) in [5.41, 5.74) is 1.51. The van der Waals surface area contributed by atoms with Gasteiger partial charge in [0.25, 0.3) is 5.91 Å². The summed E-state index contributed by atoms with van der Waals surface area (Å²) >= 11 is 3.45. The van der Waals surface area contributed by atoms with Gasteiger partial charge in [0, 0.05) is 23.2 Å². The second kappa shape index (κ2) is 9.91. The number of hydrogen-bond acceptors (Lipinski definition) is 5. The Morgan fingerprint density at radius 1 is 1.17 bits per heavy atom. The molecule has 0 saturated carbocycles. The summed E-state index contributed by atoms with van der Waals surface area (Å²) < 4.78 is 38.6. The van der Waals surface area contributed by atoms with E-state index in [1.807, 2.05) is 18.2 Å². The summed E-state index contributed by atoms with van der Waals surface area (Å²) in [6.07, 6.45) is 0. The molecule has 1 N–H and O–H groups in total. The molecule has 9 heteroatoms. The van der Waals surface area contributed by atoms with Gasteiger partial charge in [0.1, 0.15) is 5.75 Å². The lowest BCUT2D eigenvalue weighted by Crippen LogP contribution is -2.40. The standard InChI is InChI=1S/C21H25BrN2O5S/c1-15(2)19-13-16(22)3-8-20(19)29-14-21(25)23-17-4-6-18(7-5-17)30(26,27)24-9-11-28-12-10-24/h3-8,13,15H,9-12,14H2,1-2H3,(H,23,25). The van der Waals surface area contributed by atoms with Gasteiger partial charge >= 0.3 is 0 Å². The number of amides is 1. The third kappa shape index (κ3) is 5.60. The first kappa shape index (κ1) is 22.7. The van der Waals surface area contributed by atoms with Crippen molar-refractivity contribution < 1.29 is 22.7 Å².